The number of hydrogen-bond acceptors (Lipinski definition) is 8. The van der Waals surface area contributed by atoms with Crippen molar-refractivity contribution in [2.75, 3.05) is 36.4 Å². The third-order valence-electron chi connectivity index (χ3n) is 23.2. The molecular formula is C114H101N7SSi. The Morgan fingerprint density at radius 2 is 0.618 bits per heavy atom. The molecule has 16 aromatic carbocycles. The minimum absolute atomic E-state index is 1.04. The van der Waals surface area contributed by atoms with E-state index in [0.717, 1.165) is 24.2 Å². The molecule has 602 valence electrons. The summed E-state index contributed by atoms with van der Waals surface area (Å²) in [5, 5.41) is 3.03. The number of rotatable bonds is 6. The molecule has 5 aliphatic heterocycles. The number of aryl methyl sites for hydroxylation is 8. The SMILES string of the molecule is Cc1ccc2c(c1)C=Cc1ccccc1N2c1ccccc1.Cc1ccc2c(c1)CCc1ccccc1N2C.Cc1ccc2c(c1)N(c1ccccc1)c1ccccc1N2c1ccccc1.Cc1ccc2c(c1)N(c1ccccc1)c1ccccc1S2.Cc1ccc2c(c1)N(c1ccccc1)c1ccccc1[Si]2(C)C.Cc1cccc(-c2ccccc2)n1. The van der Waals surface area contributed by atoms with Crippen LogP contribution in [0.3, 0.4) is 0 Å². The molecule has 0 unspecified atom stereocenters. The van der Waals surface area contributed by atoms with Crippen LogP contribution in [0.4, 0.5) is 96.7 Å². The van der Waals surface area contributed by atoms with Crippen molar-refractivity contribution in [1.82, 2.24) is 4.98 Å². The van der Waals surface area contributed by atoms with Crippen LogP contribution in [0.5, 0.6) is 0 Å². The normalized spacial score (nSPS) is 12.9. The molecule has 123 heavy (non-hydrogen) atoms. The summed E-state index contributed by atoms with van der Waals surface area (Å²) in [7, 11) is 0.494. The van der Waals surface area contributed by atoms with Gasteiger partial charge in [0.2, 0.25) is 0 Å². The van der Waals surface area contributed by atoms with Crippen molar-refractivity contribution in [3.63, 3.8) is 0 Å². The van der Waals surface area contributed by atoms with Crippen molar-refractivity contribution in [3.05, 3.63) is 468 Å². The summed E-state index contributed by atoms with van der Waals surface area (Å²) in [5.74, 6) is 0. The van der Waals surface area contributed by atoms with E-state index in [1.165, 1.54) is 172 Å². The Morgan fingerprint density at radius 3 is 1.21 bits per heavy atom. The number of aromatic nitrogens is 1. The zero-order valence-corrected chi connectivity index (χ0v) is 73.2. The Morgan fingerprint density at radius 1 is 0.252 bits per heavy atom. The molecule has 0 saturated heterocycles. The van der Waals surface area contributed by atoms with Crippen molar-refractivity contribution in [2.45, 2.75) is 77.3 Å². The number of nitrogens with zero attached hydrogens (tertiary/aromatic N) is 7. The molecule has 7 nitrogen and oxygen atoms in total. The minimum atomic E-state index is -1.67. The third kappa shape index (κ3) is 17.6. The topological polar surface area (TPSA) is 32.3 Å². The van der Waals surface area contributed by atoms with Crippen LogP contribution in [0.25, 0.3) is 23.4 Å². The number of para-hydroxylation sites is 11. The van der Waals surface area contributed by atoms with Crippen LogP contribution in [-0.2, 0) is 12.8 Å². The van der Waals surface area contributed by atoms with E-state index in [-0.39, 0.29) is 0 Å². The van der Waals surface area contributed by atoms with E-state index in [1.54, 1.807) is 0 Å². The van der Waals surface area contributed by atoms with Gasteiger partial charge in [-0.05, 0) is 267 Å². The highest BCUT2D eigenvalue weighted by atomic mass is 32.2. The van der Waals surface area contributed by atoms with E-state index in [9.17, 15) is 0 Å². The fourth-order valence-electron chi connectivity index (χ4n) is 17.2. The molecule has 0 fully saturated rings. The van der Waals surface area contributed by atoms with E-state index in [4.69, 9.17) is 0 Å². The molecule has 17 aromatic rings. The van der Waals surface area contributed by atoms with Gasteiger partial charge in [-0.2, -0.15) is 0 Å². The van der Waals surface area contributed by atoms with Gasteiger partial charge in [0.05, 0.1) is 51.2 Å². The zero-order chi connectivity index (χ0) is 84.3. The highest BCUT2D eigenvalue weighted by Gasteiger charge is 2.39. The van der Waals surface area contributed by atoms with Crippen LogP contribution in [0, 0.1) is 41.5 Å². The summed E-state index contributed by atoms with van der Waals surface area (Å²) < 4.78 is 0. The minimum Gasteiger partial charge on any atom is -0.344 e. The number of fused-ring (bicyclic) bond motifs is 10. The van der Waals surface area contributed by atoms with E-state index in [2.05, 4.69) is 477 Å². The molecule has 0 radical (unpaired) electrons. The molecule has 0 saturated carbocycles. The molecular weight excluding hydrogens is 1530 g/mol. The average Bonchev–Trinajstić information content (AvgIpc) is 0.794. The second-order valence-corrected chi connectivity index (χ2v) is 37.8. The Hall–Kier alpha value is -14.2. The molecule has 0 spiro atoms. The molecule has 0 bridgehead atoms. The lowest BCUT2D eigenvalue weighted by molar-refractivity contribution is 0.975. The number of anilines is 17. The predicted molar refractivity (Wildman–Crippen MR) is 529 cm³/mol. The van der Waals surface area contributed by atoms with Crippen molar-refractivity contribution in [1.29, 1.82) is 0 Å². The fourth-order valence-corrected chi connectivity index (χ4v) is 21.2. The lowest BCUT2D eigenvalue weighted by atomic mass is 10.0. The highest BCUT2D eigenvalue weighted by Crippen LogP contribution is 2.55. The monoisotopic (exact) mass is 1630 g/mol. The summed E-state index contributed by atoms with van der Waals surface area (Å²) in [4.78, 5) is 21.2. The lowest BCUT2D eigenvalue weighted by Gasteiger charge is -2.41. The lowest BCUT2D eigenvalue weighted by Crippen LogP contribution is -2.58. The maximum atomic E-state index is 4.44. The maximum absolute atomic E-state index is 4.44. The van der Waals surface area contributed by atoms with Gasteiger partial charge in [0.1, 0.15) is 8.07 Å². The van der Waals surface area contributed by atoms with Crippen molar-refractivity contribution in [3.8, 4) is 11.3 Å². The van der Waals surface area contributed by atoms with Gasteiger partial charge in [-0.25, -0.2) is 0 Å². The predicted octanol–water partition coefficient (Wildman–Crippen LogP) is 30.6. The van der Waals surface area contributed by atoms with Crippen LogP contribution in [0.15, 0.2) is 422 Å². The summed E-state index contributed by atoms with van der Waals surface area (Å²) >= 11 is 1.85. The van der Waals surface area contributed by atoms with Gasteiger partial charge in [0, 0.05) is 79.3 Å². The molecule has 0 N–H and O–H groups in total. The van der Waals surface area contributed by atoms with Gasteiger partial charge < -0.3 is 29.4 Å². The molecule has 0 aliphatic carbocycles. The number of hydrogen-bond donors (Lipinski definition) is 0. The van der Waals surface area contributed by atoms with Crippen LogP contribution >= 0.6 is 11.8 Å². The van der Waals surface area contributed by atoms with Gasteiger partial charge in [0.15, 0.2) is 0 Å². The van der Waals surface area contributed by atoms with Crippen LogP contribution in [0.2, 0.25) is 13.1 Å². The van der Waals surface area contributed by atoms with Crippen molar-refractivity contribution >= 4 is 139 Å². The zero-order valence-electron chi connectivity index (χ0n) is 71.4. The number of benzene rings is 16. The highest BCUT2D eigenvalue weighted by molar-refractivity contribution is 7.99. The average molecular weight is 1630 g/mol. The van der Waals surface area contributed by atoms with Gasteiger partial charge in [0.25, 0.3) is 0 Å². The molecule has 5 aliphatic rings. The van der Waals surface area contributed by atoms with Gasteiger partial charge in [-0.3, -0.25) is 4.98 Å². The standard InChI is InChI=1S/C25H20N2.C21H21NSi.C21H17N.C19H15NS.C16H17N.C12H11N/c1-19-16-17-24-25(18-19)27(21-12-6-3-7-13-21)23-15-9-8-14-22(23)26(24)20-10-4-2-5-11-20;1-16-13-14-21-19(15-16)22(17-9-5-4-6-10-17)18-11-7-8-12-20(18)23(21,2)3;1-16-11-14-21-18(15-16)13-12-17-7-5-6-10-20(17)22(21)19-8-3-2-4-9-19;1-14-11-12-19-17(13-14)20(15-7-3-2-4-8-15)16-9-5-6-10-18(16)21-19;1-12-7-10-16-14(11-12)9-8-13-5-3-4-6-15(13)17(16)2;1-10-6-5-9-12(13-10)11-7-3-2-4-8-11/h2-18H,1H3;4-15H,1-3H3;2-15H,1H3;2-13H,1H3;3-7,10-11H,8-9H2,1-2H3;2-9H,1H3. The van der Waals surface area contributed by atoms with E-state index in [0.29, 0.717) is 0 Å². The third-order valence-corrected chi connectivity index (χ3v) is 27.9. The first kappa shape index (κ1) is 81.2. The molecule has 6 heterocycles. The largest absolute Gasteiger partial charge is 0.344 e. The molecule has 1 aromatic heterocycles. The van der Waals surface area contributed by atoms with Crippen LogP contribution in [0.1, 0.15) is 55.8 Å². The first-order valence-corrected chi connectivity index (χ1v) is 46.3. The summed E-state index contributed by atoms with van der Waals surface area (Å²) in [6, 6.07) is 146. The first-order chi connectivity index (χ1) is 60.2. The van der Waals surface area contributed by atoms with E-state index < -0.39 is 8.07 Å². The fraction of sp³-hybridized carbons (Fsp3) is 0.0965. The second-order valence-electron chi connectivity index (χ2n) is 32.3. The van der Waals surface area contributed by atoms with Crippen LogP contribution in [-0.4, -0.2) is 20.1 Å². The van der Waals surface area contributed by atoms with Crippen molar-refractivity contribution in [2.24, 2.45) is 0 Å². The molecule has 22 rings (SSSR count). The Bertz CT molecular complexity index is 6580. The smallest absolute Gasteiger partial charge is 0.117 e. The second kappa shape index (κ2) is 36.8. The molecule has 9 heteroatoms. The van der Waals surface area contributed by atoms with E-state index >= 15 is 0 Å². The Balaban J connectivity index is 0.000000106. The Kier molecular flexibility index (Phi) is 24.3. The summed E-state index contributed by atoms with van der Waals surface area (Å²) in [6.07, 6.45) is 6.69. The van der Waals surface area contributed by atoms with Crippen molar-refractivity contribution < 1.29 is 0 Å². The van der Waals surface area contributed by atoms with Gasteiger partial charge in [-0.15, -0.1) is 0 Å². The maximum Gasteiger partial charge on any atom is 0.117 e. The first-order valence-electron chi connectivity index (χ1n) is 42.5. The van der Waals surface area contributed by atoms with Gasteiger partial charge >= 0.3 is 0 Å². The van der Waals surface area contributed by atoms with Crippen LogP contribution < -0.4 is 39.8 Å². The summed E-state index contributed by atoms with van der Waals surface area (Å²) in [5.41, 5.74) is 36.2. The van der Waals surface area contributed by atoms with E-state index in [1.807, 2.05) is 55.1 Å². The quantitative estimate of drug-likeness (QED) is 0.152. The number of pyridine rings is 1. The molecule has 0 atom stereocenters. The molecule has 0 amide bonds. The Labute approximate surface area is 732 Å². The summed E-state index contributed by atoms with van der Waals surface area (Å²) in [6.45, 7) is 17.7. The van der Waals surface area contributed by atoms with Gasteiger partial charge in [-0.1, -0.05) is 297 Å².